The lowest BCUT2D eigenvalue weighted by Gasteiger charge is -2.34. The number of nitrogens with one attached hydrogen (secondary N) is 1. The van der Waals surface area contributed by atoms with Crippen LogP contribution in [0.3, 0.4) is 0 Å². The third-order valence-electron chi connectivity index (χ3n) is 4.50. The van der Waals surface area contributed by atoms with Gasteiger partial charge in [0.2, 0.25) is 11.8 Å². The summed E-state index contributed by atoms with van der Waals surface area (Å²) in [7, 11) is 0. The number of rotatable bonds is 7. The van der Waals surface area contributed by atoms with Gasteiger partial charge in [0.15, 0.2) is 0 Å². The second kappa shape index (κ2) is 9.53. The number of nitrogens with zero attached hydrogens (tertiary/aromatic N) is 2. The lowest BCUT2D eigenvalue weighted by molar-refractivity contribution is -0.128. The van der Waals surface area contributed by atoms with Crippen molar-refractivity contribution < 1.29 is 9.59 Å². The monoisotopic (exact) mass is 346 g/mol. The van der Waals surface area contributed by atoms with Gasteiger partial charge in [-0.05, 0) is 45.4 Å². The lowest BCUT2D eigenvalue weighted by Crippen LogP contribution is -2.49. The molecule has 0 saturated carbocycles. The van der Waals surface area contributed by atoms with Crippen molar-refractivity contribution in [3.63, 3.8) is 0 Å². The maximum Gasteiger partial charge on any atom is 0.241 e. The number of amides is 2. The van der Waals surface area contributed by atoms with Crippen LogP contribution in [0.1, 0.15) is 26.7 Å². The summed E-state index contributed by atoms with van der Waals surface area (Å²) in [4.78, 5) is 29.0. The predicted molar refractivity (Wildman–Crippen MR) is 100 cm³/mol. The molecule has 1 saturated heterocycles. The van der Waals surface area contributed by atoms with E-state index >= 15 is 0 Å². The molecule has 3 N–H and O–H groups in total. The van der Waals surface area contributed by atoms with Gasteiger partial charge in [0.25, 0.3) is 0 Å². The van der Waals surface area contributed by atoms with Gasteiger partial charge < -0.3 is 16.0 Å². The Morgan fingerprint density at radius 1 is 1.32 bits per heavy atom. The summed E-state index contributed by atoms with van der Waals surface area (Å²) in [5.41, 5.74) is 6.35. The first-order valence-corrected chi connectivity index (χ1v) is 9.10. The Bertz CT molecular complexity index is 562. The normalized spacial score (nSPS) is 18.2. The van der Waals surface area contributed by atoms with Crippen LogP contribution >= 0.6 is 0 Å². The molecule has 1 aliphatic heterocycles. The minimum Gasteiger partial charge on any atom is -0.355 e. The van der Waals surface area contributed by atoms with Crippen molar-refractivity contribution >= 4 is 17.5 Å². The van der Waals surface area contributed by atoms with Gasteiger partial charge in [-0.1, -0.05) is 18.2 Å². The molecule has 2 amide bonds. The summed E-state index contributed by atoms with van der Waals surface area (Å²) < 4.78 is 0. The van der Waals surface area contributed by atoms with E-state index < -0.39 is 0 Å². The quantitative estimate of drug-likeness (QED) is 0.778. The van der Waals surface area contributed by atoms with E-state index in [1.54, 1.807) is 0 Å². The molecule has 138 valence electrons. The highest BCUT2D eigenvalue weighted by atomic mass is 16.2. The molecular formula is C19H30N4O2. The molecule has 1 aliphatic rings. The average molecular weight is 346 g/mol. The number of para-hydroxylation sites is 1. The van der Waals surface area contributed by atoms with Crippen LogP contribution in [-0.2, 0) is 9.59 Å². The van der Waals surface area contributed by atoms with Crippen molar-refractivity contribution in [1.29, 1.82) is 0 Å². The second-order valence-electron chi connectivity index (χ2n) is 6.85. The zero-order chi connectivity index (χ0) is 18.2. The van der Waals surface area contributed by atoms with E-state index in [-0.39, 0.29) is 23.8 Å². The fraction of sp³-hybridized carbons (Fsp3) is 0.579. The molecule has 1 fully saturated rings. The predicted octanol–water partition coefficient (Wildman–Crippen LogP) is 1.21. The first-order chi connectivity index (χ1) is 12.0. The average Bonchev–Trinajstić information content (AvgIpc) is 2.60. The van der Waals surface area contributed by atoms with Gasteiger partial charge in [0, 0.05) is 31.4 Å². The number of anilines is 1. The molecule has 1 aromatic carbocycles. The maximum atomic E-state index is 12.9. The van der Waals surface area contributed by atoms with E-state index in [0.717, 1.165) is 25.1 Å². The zero-order valence-electron chi connectivity index (χ0n) is 15.3. The third-order valence-corrected chi connectivity index (χ3v) is 4.50. The van der Waals surface area contributed by atoms with E-state index in [1.165, 1.54) is 0 Å². The smallest absolute Gasteiger partial charge is 0.241 e. The largest absolute Gasteiger partial charge is 0.355 e. The number of carbonyl (C=O) groups excluding carboxylic acids is 2. The van der Waals surface area contributed by atoms with E-state index in [4.69, 9.17) is 5.73 Å². The van der Waals surface area contributed by atoms with Crippen LogP contribution in [0.2, 0.25) is 0 Å². The molecule has 1 unspecified atom stereocenters. The summed E-state index contributed by atoms with van der Waals surface area (Å²) in [5.74, 6) is 0.0629. The molecular weight excluding hydrogens is 316 g/mol. The minimum atomic E-state index is -0.0580. The van der Waals surface area contributed by atoms with E-state index in [9.17, 15) is 9.59 Å². The van der Waals surface area contributed by atoms with E-state index in [0.29, 0.717) is 26.2 Å². The number of hydrogen-bond donors (Lipinski definition) is 2. The molecule has 25 heavy (non-hydrogen) atoms. The lowest BCUT2D eigenvalue weighted by atomic mass is 9.97. The van der Waals surface area contributed by atoms with Gasteiger partial charge in [-0.2, -0.15) is 0 Å². The Morgan fingerprint density at radius 2 is 2.04 bits per heavy atom. The van der Waals surface area contributed by atoms with Crippen molar-refractivity contribution in [3.8, 4) is 0 Å². The summed E-state index contributed by atoms with van der Waals surface area (Å²) in [6, 6.07) is 9.83. The molecule has 0 aromatic heterocycles. The van der Waals surface area contributed by atoms with Crippen LogP contribution in [0.15, 0.2) is 30.3 Å². The van der Waals surface area contributed by atoms with Gasteiger partial charge in [0.1, 0.15) is 0 Å². The highest BCUT2D eigenvalue weighted by molar-refractivity contribution is 5.95. The Balaban J connectivity index is 1.97. The summed E-state index contributed by atoms with van der Waals surface area (Å²) in [6.07, 6.45) is 1.80. The molecule has 6 nitrogen and oxygen atoms in total. The van der Waals surface area contributed by atoms with Crippen LogP contribution in [0.5, 0.6) is 0 Å². The minimum absolute atomic E-state index is 0.0476. The molecule has 0 aliphatic carbocycles. The number of nitrogens with two attached hydrogens (primary N) is 1. The SMILES string of the molecule is CC(C)N(C(=O)CN1CCCC(C(=O)NCCN)C1)c1ccccc1. The highest BCUT2D eigenvalue weighted by Gasteiger charge is 2.28. The van der Waals surface area contributed by atoms with E-state index in [2.05, 4.69) is 10.2 Å². The molecule has 1 aromatic rings. The first-order valence-electron chi connectivity index (χ1n) is 9.10. The number of likely N-dealkylation sites (tertiary alicyclic amines) is 1. The summed E-state index contributed by atoms with van der Waals surface area (Å²) in [6.45, 7) is 6.81. The molecule has 2 rings (SSSR count). The van der Waals surface area contributed by atoms with Crippen molar-refractivity contribution in [2.24, 2.45) is 11.7 Å². The number of benzene rings is 1. The maximum absolute atomic E-state index is 12.9. The molecule has 0 radical (unpaired) electrons. The molecule has 1 heterocycles. The van der Waals surface area contributed by atoms with Crippen LogP contribution in [0.25, 0.3) is 0 Å². The molecule has 1 atom stereocenters. The van der Waals surface area contributed by atoms with E-state index in [1.807, 2.05) is 49.1 Å². The van der Waals surface area contributed by atoms with Gasteiger partial charge in [-0.15, -0.1) is 0 Å². The van der Waals surface area contributed by atoms with Crippen LogP contribution in [0, 0.1) is 5.92 Å². The van der Waals surface area contributed by atoms with Crippen LogP contribution in [-0.4, -0.2) is 55.5 Å². The molecule has 6 heteroatoms. The highest BCUT2D eigenvalue weighted by Crippen LogP contribution is 2.20. The van der Waals surface area contributed by atoms with Crippen molar-refractivity contribution in [2.75, 3.05) is 37.6 Å². The van der Waals surface area contributed by atoms with Crippen LogP contribution in [0.4, 0.5) is 5.69 Å². The van der Waals surface area contributed by atoms with Crippen molar-refractivity contribution in [2.45, 2.75) is 32.7 Å². The zero-order valence-corrected chi connectivity index (χ0v) is 15.3. The standard InChI is InChI=1S/C19H30N4O2/c1-15(2)23(17-8-4-3-5-9-17)18(24)14-22-12-6-7-16(13-22)19(25)21-11-10-20/h3-5,8-9,15-16H,6-7,10-14,20H2,1-2H3,(H,21,25). The Kier molecular flexibility index (Phi) is 7.40. The molecule has 0 bridgehead atoms. The fourth-order valence-electron chi connectivity index (χ4n) is 3.34. The van der Waals surface area contributed by atoms with Crippen LogP contribution < -0.4 is 16.0 Å². The number of hydrogen-bond acceptors (Lipinski definition) is 4. The summed E-state index contributed by atoms with van der Waals surface area (Å²) in [5, 5.41) is 2.86. The first kappa shape index (κ1) is 19.4. The van der Waals surface area contributed by atoms with Gasteiger partial charge in [-0.3, -0.25) is 14.5 Å². The number of piperidine rings is 1. The van der Waals surface area contributed by atoms with Crippen molar-refractivity contribution in [3.05, 3.63) is 30.3 Å². The fourth-order valence-corrected chi connectivity index (χ4v) is 3.34. The van der Waals surface area contributed by atoms with Gasteiger partial charge in [0.05, 0.1) is 12.5 Å². The Labute approximate surface area is 150 Å². The topological polar surface area (TPSA) is 78.7 Å². The third kappa shape index (κ3) is 5.54. The number of carbonyl (C=O) groups is 2. The molecule has 0 spiro atoms. The van der Waals surface area contributed by atoms with Crippen molar-refractivity contribution in [1.82, 2.24) is 10.2 Å². The second-order valence-corrected chi connectivity index (χ2v) is 6.85. The van der Waals surface area contributed by atoms with Gasteiger partial charge >= 0.3 is 0 Å². The van der Waals surface area contributed by atoms with Gasteiger partial charge in [-0.25, -0.2) is 0 Å². The summed E-state index contributed by atoms with van der Waals surface area (Å²) >= 11 is 0. The Hall–Kier alpha value is -1.92. The Morgan fingerprint density at radius 3 is 2.68 bits per heavy atom.